The van der Waals surface area contributed by atoms with Crippen LogP contribution in [0, 0.1) is 20.8 Å². The third kappa shape index (κ3) is 4.25. The van der Waals surface area contributed by atoms with Crippen LogP contribution in [0.25, 0.3) is 0 Å². The number of aryl methyl sites for hydroxylation is 3. The predicted molar refractivity (Wildman–Crippen MR) is 93.8 cm³/mol. The van der Waals surface area contributed by atoms with Crippen molar-refractivity contribution in [3.8, 4) is 0 Å². The summed E-state index contributed by atoms with van der Waals surface area (Å²) in [7, 11) is 0. The lowest BCUT2D eigenvalue weighted by molar-refractivity contribution is -0.115. The van der Waals surface area contributed by atoms with Gasteiger partial charge in [-0.05, 0) is 49.6 Å². The number of carbonyl (C=O) groups excluding carboxylic acids is 1. The average molecular weight is 317 g/mol. The van der Waals surface area contributed by atoms with Crippen LogP contribution in [0.2, 0.25) is 5.02 Å². The van der Waals surface area contributed by atoms with Crippen LogP contribution in [-0.2, 0) is 4.79 Å². The average Bonchev–Trinajstić information content (AvgIpc) is 2.45. The summed E-state index contributed by atoms with van der Waals surface area (Å²) in [6.45, 7) is 6.55. The molecule has 0 aliphatic heterocycles. The maximum atomic E-state index is 12.1. The molecule has 0 saturated carbocycles. The molecule has 0 aliphatic carbocycles. The highest BCUT2D eigenvalue weighted by Gasteiger charge is 2.09. The fourth-order valence-corrected chi connectivity index (χ4v) is 2.73. The number of hydrogen-bond donors (Lipinski definition) is 2. The minimum absolute atomic E-state index is 0.0464. The van der Waals surface area contributed by atoms with Gasteiger partial charge in [-0.15, -0.1) is 0 Å². The summed E-state index contributed by atoms with van der Waals surface area (Å²) in [6.07, 6.45) is 0.387. The summed E-state index contributed by atoms with van der Waals surface area (Å²) in [5.41, 5.74) is 4.99. The smallest absolute Gasteiger partial charge is 0.226 e. The van der Waals surface area contributed by atoms with Crippen LogP contribution in [0.3, 0.4) is 0 Å². The Labute approximate surface area is 136 Å². The molecule has 116 valence electrons. The molecule has 3 nitrogen and oxygen atoms in total. The Kier molecular flexibility index (Phi) is 5.45. The van der Waals surface area contributed by atoms with Crippen LogP contribution in [-0.4, -0.2) is 12.5 Å². The zero-order valence-corrected chi connectivity index (χ0v) is 13.9. The second-order valence-electron chi connectivity index (χ2n) is 5.48. The minimum atomic E-state index is -0.0464. The number of amides is 1. The number of nitrogens with one attached hydrogen (secondary N) is 2. The largest absolute Gasteiger partial charge is 0.384 e. The molecule has 0 unspecified atom stereocenters. The van der Waals surface area contributed by atoms with Gasteiger partial charge >= 0.3 is 0 Å². The number of anilines is 2. The van der Waals surface area contributed by atoms with Gasteiger partial charge in [-0.2, -0.15) is 0 Å². The highest BCUT2D eigenvalue weighted by atomic mass is 35.5. The Morgan fingerprint density at radius 1 is 1.09 bits per heavy atom. The highest BCUT2D eigenvalue weighted by molar-refractivity contribution is 6.34. The van der Waals surface area contributed by atoms with E-state index in [9.17, 15) is 4.79 Å². The first-order chi connectivity index (χ1) is 10.5. The number of para-hydroxylation sites is 1. The molecule has 0 fully saturated rings. The lowest BCUT2D eigenvalue weighted by atomic mass is 10.1. The normalized spacial score (nSPS) is 10.4. The van der Waals surface area contributed by atoms with E-state index in [-0.39, 0.29) is 5.91 Å². The van der Waals surface area contributed by atoms with E-state index in [1.54, 1.807) is 0 Å². The summed E-state index contributed by atoms with van der Waals surface area (Å²) in [4.78, 5) is 12.1. The van der Waals surface area contributed by atoms with Gasteiger partial charge in [0.1, 0.15) is 0 Å². The van der Waals surface area contributed by atoms with Crippen LogP contribution < -0.4 is 10.6 Å². The van der Waals surface area contributed by atoms with E-state index in [0.717, 1.165) is 16.8 Å². The highest BCUT2D eigenvalue weighted by Crippen LogP contribution is 2.27. The Morgan fingerprint density at radius 2 is 1.82 bits per heavy atom. The van der Waals surface area contributed by atoms with Crippen molar-refractivity contribution in [3.63, 3.8) is 0 Å². The molecule has 0 saturated heterocycles. The molecule has 0 spiro atoms. The number of hydrogen-bond acceptors (Lipinski definition) is 2. The van der Waals surface area contributed by atoms with Crippen molar-refractivity contribution < 1.29 is 4.79 Å². The number of rotatable bonds is 5. The number of carbonyl (C=O) groups is 1. The molecule has 0 aliphatic rings. The first kappa shape index (κ1) is 16.4. The number of benzene rings is 2. The summed E-state index contributed by atoms with van der Waals surface area (Å²) in [5.74, 6) is -0.0464. The summed E-state index contributed by atoms with van der Waals surface area (Å²) in [5, 5.41) is 6.75. The van der Waals surface area contributed by atoms with E-state index in [0.29, 0.717) is 23.7 Å². The van der Waals surface area contributed by atoms with Crippen molar-refractivity contribution in [1.29, 1.82) is 0 Å². The summed E-state index contributed by atoms with van der Waals surface area (Å²) >= 11 is 6.20. The molecule has 0 bridgehead atoms. The van der Waals surface area contributed by atoms with Crippen molar-refractivity contribution in [2.75, 3.05) is 17.2 Å². The predicted octanol–water partition coefficient (Wildman–Crippen LogP) is 4.71. The van der Waals surface area contributed by atoms with Crippen LogP contribution in [0.5, 0.6) is 0 Å². The van der Waals surface area contributed by atoms with E-state index in [1.807, 2.05) is 57.2 Å². The van der Waals surface area contributed by atoms with Gasteiger partial charge in [-0.1, -0.05) is 35.9 Å². The minimum Gasteiger partial charge on any atom is -0.384 e. The van der Waals surface area contributed by atoms with Gasteiger partial charge in [0.15, 0.2) is 0 Å². The fourth-order valence-electron chi connectivity index (χ4n) is 2.36. The molecule has 2 aromatic rings. The maximum absolute atomic E-state index is 12.1. The monoisotopic (exact) mass is 316 g/mol. The molecule has 22 heavy (non-hydrogen) atoms. The summed E-state index contributed by atoms with van der Waals surface area (Å²) in [6, 6.07) is 11.9. The van der Waals surface area contributed by atoms with Gasteiger partial charge < -0.3 is 10.6 Å². The molecule has 2 N–H and O–H groups in total. The van der Waals surface area contributed by atoms with Gasteiger partial charge in [0, 0.05) is 18.7 Å². The second-order valence-corrected chi connectivity index (χ2v) is 5.89. The molecular weight excluding hydrogens is 296 g/mol. The van der Waals surface area contributed by atoms with Crippen molar-refractivity contribution >= 4 is 28.9 Å². The Bertz CT molecular complexity index is 660. The van der Waals surface area contributed by atoms with Gasteiger partial charge in [-0.25, -0.2) is 0 Å². The number of halogens is 1. The third-order valence-electron chi connectivity index (χ3n) is 3.51. The second kappa shape index (κ2) is 7.32. The first-order valence-corrected chi connectivity index (χ1v) is 7.71. The lowest BCUT2D eigenvalue weighted by Crippen LogP contribution is -2.17. The maximum Gasteiger partial charge on any atom is 0.226 e. The Balaban J connectivity index is 1.90. The van der Waals surface area contributed by atoms with E-state index in [4.69, 9.17) is 11.6 Å². The van der Waals surface area contributed by atoms with E-state index in [2.05, 4.69) is 10.6 Å². The Morgan fingerprint density at radius 3 is 2.50 bits per heavy atom. The quantitative estimate of drug-likeness (QED) is 0.839. The molecule has 2 aromatic carbocycles. The van der Waals surface area contributed by atoms with Crippen LogP contribution in [0.4, 0.5) is 11.4 Å². The van der Waals surface area contributed by atoms with Gasteiger partial charge in [0.25, 0.3) is 0 Å². The zero-order valence-electron chi connectivity index (χ0n) is 13.2. The van der Waals surface area contributed by atoms with Crippen molar-refractivity contribution in [1.82, 2.24) is 0 Å². The zero-order chi connectivity index (χ0) is 16.1. The lowest BCUT2D eigenvalue weighted by Gasteiger charge is -2.12. The first-order valence-electron chi connectivity index (χ1n) is 7.33. The van der Waals surface area contributed by atoms with Crippen molar-refractivity contribution in [2.24, 2.45) is 0 Å². The molecule has 4 heteroatoms. The molecule has 0 heterocycles. The van der Waals surface area contributed by atoms with Crippen LogP contribution in [0.1, 0.15) is 23.1 Å². The summed E-state index contributed by atoms with van der Waals surface area (Å²) < 4.78 is 0. The Hall–Kier alpha value is -2.00. The molecule has 0 aromatic heterocycles. The van der Waals surface area contributed by atoms with E-state index in [1.165, 1.54) is 5.56 Å². The van der Waals surface area contributed by atoms with Gasteiger partial charge in [-0.3, -0.25) is 4.79 Å². The van der Waals surface area contributed by atoms with Crippen LogP contribution in [0.15, 0.2) is 36.4 Å². The molecule has 2 rings (SSSR count). The van der Waals surface area contributed by atoms with Gasteiger partial charge in [0.2, 0.25) is 5.91 Å². The molecule has 0 atom stereocenters. The fraction of sp³-hybridized carbons (Fsp3) is 0.278. The van der Waals surface area contributed by atoms with E-state index < -0.39 is 0 Å². The molecule has 1 amide bonds. The standard InChI is InChI=1S/C18H21ClN2O/c1-12-10-14(3)18(15(19)11-12)21-17(22)8-9-20-16-7-5-4-6-13(16)2/h4-7,10-11,20H,8-9H2,1-3H3,(H,21,22). The van der Waals surface area contributed by atoms with Crippen LogP contribution >= 0.6 is 11.6 Å². The topological polar surface area (TPSA) is 41.1 Å². The third-order valence-corrected chi connectivity index (χ3v) is 3.81. The molecule has 0 radical (unpaired) electrons. The van der Waals surface area contributed by atoms with Crippen molar-refractivity contribution in [2.45, 2.75) is 27.2 Å². The SMILES string of the molecule is Cc1cc(C)c(NC(=O)CCNc2ccccc2C)c(Cl)c1. The molecular formula is C18H21ClN2O. The van der Waals surface area contributed by atoms with Gasteiger partial charge in [0.05, 0.1) is 10.7 Å². The van der Waals surface area contributed by atoms with E-state index >= 15 is 0 Å². The van der Waals surface area contributed by atoms with Crippen molar-refractivity contribution in [3.05, 3.63) is 58.1 Å².